The second kappa shape index (κ2) is 6.84. The zero-order valence-electron chi connectivity index (χ0n) is 14.2. The molecule has 25 heavy (non-hydrogen) atoms. The van der Waals surface area contributed by atoms with E-state index in [4.69, 9.17) is 0 Å². The van der Waals surface area contributed by atoms with Crippen molar-refractivity contribution in [3.05, 3.63) is 59.9 Å². The maximum atomic E-state index is 12.8. The highest BCUT2D eigenvalue weighted by Gasteiger charge is 2.37. The summed E-state index contributed by atoms with van der Waals surface area (Å²) in [4.78, 5) is 21.3. The lowest BCUT2D eigenvalue weighted by Crippen LogP contribution is -2.44. The van der Waals surface area contributed by atoms with E-state index in [9.17, 15) is 9.90 Å². The average Bonchev–Trinajstić information content (AvgIpc) is 2.94. The van der Waals surface area contributed by atoms with E-state index in [1.54, 1.807) is 12.3 Å². The lowest BCUT2D eigenvalue weighted by Gasteiger charge is -2.36. The van der Waals surface area contributed by atoms with Crippen molar-refractivity contribution in [1.82, 2.24) is 14.8 Å². The smallest absolute Gasteiger partial charge is 0.276 e. The molecule has 1 aromatic heterocycles. The number of aromatic hydroxyl groups is 1. The number of nitrogens with zero attached hydrogens (tertiary/aromatic N) is 3. The molecule has 1 amide bonds. The quantitative estimate of drug-likeness (QED) is 0.935. The van der Waals surface area contributed by atoms with Crippen LogP contribution < -0.4 is 0 Å². The first kappa shape index (κ1) is 16.1. The molecule has 0 spiro atoms. The minimum absolute atomic E-state index is 0.0368. The highest BCUT2D eigenvalue weighted by molar-refractivity contribution is 5.94. The van der Waals surface area contributed by atoms with Gasteiger partial charge in [-0.2, -0.15) is 0 Å². The minimum Gasteiger partial charge on any atom is -0.505 e. The number of fused-ring (bicyclic) bond motifs is 4. The van der Waals surface area contributed by atoms with E-state index < -0.39 is 0 Å². The van der Waals surface area contributed by atoms with Gasteiger partial charge in [0.25, 0.3) is 5.91 Å². The predicted molar refractivity (Wildman–Crippen MR) is 95.2 cm³/mol. The van der Waals surface area contributed by atoms with Crippen molar-refractivity contribution in [2.45, 2.75) is 25.4 Å². The molecule has 3 aliphatic rings. The summed E-state index contributed by atoms with van der Waals surface area (Å²) in [5.41, 5.74) is 1.48. The maximum Gasteiger partial charge on any atom is 0.276 e. The Balaban J connectivity index is 1.51. The fourth-order valence-electron chi connectivity index (χ4n) is 4.07. The van der Waals surface area contributed by atoms with Gasteiger partial charge in [0.15, 0.2) is 5.69 Å². The fourth-order valence-corrected chi connectivity index (χ4v) is 4.07. The van der Waals surface area contributed by atoms with Crippen molar-refractivity contribution in [3.63, 3.8) is 0 Å². The second-order valence-electron chi connectivity index (χ2n) is 7.09. The number of piperidine rings is 1. The molecule has 3 saturated heterocycles. The zero-order valence-corrected chi connectivity index (χ0v) is 14.2. The summed E-state index contributed by atoms with van der Waals surface area (Å²) in [7, 11) is 0. The highest BCUT2D eigenvalue weighted by Crippen LogP contribution is 2.30. The van der Waals surface area contributed by atoms with Crippen LogP contribution in [-0.4, -0.2) is 51.5 Å². The van der Waals surface area contributed by atoms with Gasteiger partial charge < -0.3 is 10.0 Å². The van der Waals surface area contributed by atoms with Crippen LogP contribution in [0.3, 0.4) is 0 Å². The number of rotatable bonds is 3. The Morgan fingerprint density at radius 1 is 1.08 bits per heavy atom. The van der Waals surface area contributed by atoms with Gasteiger partial charge in [-0.25, -0.2) is 4.98 Å². The first-order valence-electron chi connectivity index (χ1n) is 8.92. The van der Waals surface area contributed by atoms with E-state index in [0.29, 0.717) is 18.5 Å². The van der Waals surface area contributed by atoms with E-state index >= 15 is 0 Å². The van der Waals surface area contributed by atoms with Crippen LogP contribution >= 0.6 is 0 Å². The number of carbonyl (C=O) groups is 1. The number of carbonyl (C=O) groups excluding carboxylic acids is 1. The fraction of sp³-hybridized carbons (Fsp3) is 0.400. The molecule has 5 rings (SSSR count). The standard InChI is InChI=1S/C20H23N3O2/c24-18-7-4-10-21-19(18)20(25)23-13-16-8-9-17(14-23)22(12-16)11-15-5-2-1-3-6-15/h1-7,10,16-17,24H,8-9,11-14H2/t16-,17-/m1/s1. The molecule has 0 aliphatic carbocycles. The van der Waals surface area contributed by atoms with Crippen LogP contribution in [0.15, 0.2) is 48.7 Å². The number of benzene rings is 1. The lowest BCUT2D eigenvalue weighted by molar-refractivity contribution is 0.0727. The molecule has 1 aromatic carbocycles. The largest absolute Gasteiger partial charge is 0.505 e. The molecule has 2 atom stereocenters. The van der Waals surface area contributed by atoms with Gasteiger partial charge in [-0.15, -0.1) is 0 Å². The van der Waals surface area contributed by atoms with E-state index in [2.05, 4.69) is 34.1 Å². The van der Waals surface area contributed by atoms with Gasteiger partial charge in [-0.1, -0.05) is 30.3 Å². The van der Waals surface area contributed by atoms with Crippen LogP contribution in [0, 0.1) is 5.92 Å². The Bertz CT molecular complexity index is 750. The van der Waals surface area contributed by atoms with Crippen molar-refractivity contribution in [2.24, 2.45) is 5.92 Å². The monoisotopic (exact) mass is 337 g/mol. The molecule has 0 unspecified atom stereocenters. The third kappa shape index (κ3) is 3.37. The van der Waals surface area contributed by atoms with E-state index in [-0.39, 0.29) is 17.4 Å². The molecule has 5 nitrogen and oxygen atoms in total. The van der Waals surface area contributed by atoms with Crippen molar-refractivity contribution in [3.8, 4) is 5.75 Å². The van der Waals surface area contributed by atoms with Crippen LogP contribution in [0.25, 0.3) is 0 Å². The topological polar surface area (TPSA) is 56.7 Å². The molecule has 2 bridgehead atoms. The van der Waals surface area contributed by atoms with Gasteiger partial charge >= 0.3 is 0 Å². The molecule has 4 heterocycles. The Hall–Kier alpha value is -2.40. The van der Waals surface area contributed by atoms with Crippen LogP contribution in [-0.2, 0) is 6.54 Å². The Kier molecular flexibility index (Phi) is 4.40. The summed E-state index contributed by atoms with van der Waals surface area (Å²) < 4.78 is 0. The molecule has 2 aromatic rings. The molecule has 0 radical (unpaired) electrons. The summed E-state index contributed by atoms with van der Waals surface area (Å²) in [6.07, 6.45) is 3.84. The SMILES string of the molecule is O=C(c1ncccc1O)N1C[C@@H]2CC[C@H](C1)N(Cc1ccccc1)C2. The van der Waals surface area contributed by atoms with Crippen molar-refractivity contribution in [1.29, 1.82) is 0 Å². The highest BCUT2D eigenvalue weighted by atomic mass is 16.3. The van der Waals surface area contributed by atoms with Gasteiger partial charge in [0.1, 0.15) is 5.75 Å². The molecule has 1 N–H and O–H groups in total. The molecular weight excluding hydrogens is 314 g/mol. The first-order chi connectivity index (χ1) is 12.2. The van der Waals surface area contributed by atoms with E-state index in [0.717, 1.165) is 32.5 Å². The summed E-state index contributed by atoms with van der Waals surface area (Å²) in [5.74, 6) is 0.291. The molecule has 5 heteroatoms. The Morgan fingerprint density at radius 2 is 1.92 bits per heavy atom. The molecule has 0 saturated carbocycles. The van der Waals surface area contributed by atoms with Gasteiger partial charge in [0, 0.05) is 38.4 Å². The minimum atomic E-state index is -0.156. The summed E-state index contributed by atoms with van der Waals surface area (Å²) in [5, 5.41) is 9.96. The third-order valence-corrected chi connectivity index (χ3v) is 5.33. The van der Waals surface area contributed by atoms with Crippen LogP contribution in [0.5, 0.6) is 5.75 Å². The maximum absolute atomic E-state index is 12.8. The lowest BCUT2D eigenvalue weighted by atomic mass is 9.94. The van der Waals surface area contributed by atoms with E-state index in [1.165, 1.54) is 11.6 Å². The van der Waals surface area contributed by atoms with Gasteiger partial charge in [-0.3, -0.25) is 9.69 Å². The van der Waals surface area contributed by atoms with Crippen LogP contribution in [0.2, 0.25) is 0 Å². The number of pyridine rings is 1. The number of hydrogen-bond acceptors (Lipinski definition) is 4. The summed E-state index contributed by atoms with van der Waals surface area (Å²) in [6.45, 7) is 3.41. The Labute approximate surface area is 147 Å². The van der Waals surface area contributed by atoms with Gasteiger partial charge in [-0.05, 0) is 36.5 Å². The van der Waals surface area contributed by atoms with Crippen molar-refractivity contribution in [2.75, 3.05) is 19.6 Å². The van der Waals surface area contributed by atoms with Crippen molar-refractivity contribution < 1.29 is 9.90 Å². The second-order valence-corrected chi connectivity index (χ2v) is 7.09. The number of hydrogen-bond donors (Lipinski definition) is 1. The number of amides is 1. The molecule has 130 valence electrons. The zero-order chi connectivity index (χ0) is 17.2. The van der Waals surface area contributed by atoms with Crippen molar-refractivity contribution >= 4 is 5.91 Å². The Morgan fingerprint density at radius 3 is 2.72 bits per heavy atom. The first-order valence-corrected chi connectivity index (χ1v) is 8.92. The van der Waals surface area contributed by atoms with E-state index in [1.807, 2.05) is 11.0 Å². The van der Waals surface area contributed by atoms with Gasteiger partial charge in [0.2, 0.25) is 0 Å². The predicted octanol–water partition coefficient (Wildman–Crippen LogP) is 2.52. The summed E-state index contributed by atoms with van der Waals surface area (Å²) in [6, 6.07) is 14.0. The van der Waals surface area contributed by atoms with Crippen LogP contribution in [0.1, 0.15) is 28.9 Å². The summed E-state index contributed by atoms with van der Waals surface area (Å²) >= 11 is 0. The third-order valence-electron chi connectivity index (χ3n) is 5.33. The molecule has 3 aliphatic heterocycles. The average molecular weight is 337 g/mol. The molecular formula is C20H23N3O2. The van der Waals surface area contributed by atoms with Gasteiger partial charge in [0.05, 0.1) is 0 Å². The molecule has 3 fully saturated rings. The normalized spacial score (nSPS) is 23.4. The number of aromatic nitrogens is 1. The van der Waals surface area contributed by atoms with Crippen LogP contribution in [0.4, 0.5) is 0 Å².